The Kier molecular flexibility index (Phi) is 3.18. The van der Waals surface area contributed by atoms with Gasteiger partial charge in [0.05, 0.1) is 10.2 Å². The van der Waals surface area contributed by atoms with Crippen molar-refractivity contribution < 1.29 is 0 Å². The Balaban J connectivity index is 2.03. The summed E-state index contributed by atoms with van der Waals surface area (Å²) in [7, 11) is 0. The van der Waals surface area contributed by atoms with Crippen LogP contribution in [0.25, 0.3) is 10.2 Å². The molecule has 2 aromatic rings. The maximum absolute atomic E-state index is 6.13. The van der Waals surface area contributed by atoms with Crippen molar-refractivity contribution in [3.05, 3.63) is 17.8 Å². The van der Waals surface area contributed by atoms with Crippen molar-refractivity contribution in [2.45, 2.75) is 38.3 Å². The molecule has 1 aliphatic rings. The number of hydrogen-bond acceptors (Lipinski definition) is 5. The zero-order chi connectivity index (χ0) is 12.5. The molecule has 2 N–H and O–H groups in total. The van der Waals surface area contributed by atoms with Crippen LogP contribution in [-0.2, 0) is 0 Å². The van der Waals surface area contributed by atoms with E-state index in [2.05, 4.69) is 33.2 Å². The van der Waals surface area contributed by atoms with Gasteiger partial charge in [-0.2, -0.15) is 0 Å². The second-order valence-corrected chi connectivity index (χ2v) is 5.86. The lowest BCUT2D eigenvalue weighted by molar-refractivity contribution is 0.412. The van der Waals surface area contributed by atoms with E-state index in [4.69, 9.17) is 5.73 Å². The molecule has 2 aromatic heterocycles. The summed E-state index contributed by atoms with van der Waals surface area (Å²) in [5, 5.41) is 2.08. The molecule has 4 nitrogen and oxygen atoms in total. The molecular formula is C13H18N4S. The number of rotatable bonds is 2. The highest BCUT2D eigenvalue weighted by atomic mass is 32.1. The van der Waals surface area contributed by atoms with Gasteiger partial charge in [-0.15, -0.1) is 11.3 Å². The molecule has 0 aromatic carbocycles. The molecule has 18 heavy (non-hydrogen) atoms. The predicted molar refractivity (Wildman–Crippen MR) is 76.0 cm³/mol. The van der Waals surface area contributed by atoms with E-state index in [1.807, 2.05) is 0 Å². The molecule has 0 bridgehead atoms. The molecule has 2 unspecified atom stereocenters. The lowest BCUT2D eigenvalue weighted by Crippen LogP contribution is -2.49. The van der Waals surface area contributed by atoms with Crippen LogP contribution in [0.1, 0.15) is 26.2 Å². The maximum Gasteiger partial charge on any atom is 0.150 e. The average Bonchev–Trinajstić information content (AvgIpc) is 2.86. The summed E-state index contributed by atoms with van der Waals surface area (Å²) >= 11 is 1.71. The number of nitrogens with zero attached hydrogens (tertiary/aromatic N) is 3. The molecule has 96 valence electrons. The van der Waals surface area contributed by atoms with Crippen LogP contribution in [0.15, 0.2) is 17.8 Å². The van der Waals surface area contributed by atoms with Crippen LogP contribution >= 0.6 is 11.3 Å². The molecule has 0 saturated carbocycles. The van der Waals surface area contributed by atoms with Crippen LogP contribution in [0.5, 0.6) is 0 Å². The minimum absolute atomic E-state index is 0.176. The Bertz CT molecular complexity index is 537. The number of thiophene rings is 1. The van der Waals surface area contributed by atoms with Crippen molar-refractivity contribution in [3.63, 3.8) is 0 Å². The van der Waals surface area contributed by atoms with E-state index in [-0.39, 0.29) is 6.04 Å². The summed E-state index contributed by atoms with van der Waals surface area (Å²) in [6.45, 7) is 3.14. The minimum atomic E-state index is 0.176. The van der Waals surface area contributed by atoms with Crippen LogP contribution in [-0.4, -0.2) is 28.6 Å². The number of piperidine rings is 1. The van der Waals surface area contributed by atoms with E-state index in [0.717, 1.165) is 24.3 Å². The van der Waals surface area contributed by atoms with Gasteiger partial charge in [0.15, 0.2) is 0 Å². The van der Waals surface area contributed by atoms with Gasteiger partial charge in [0.25, 0.3) is 0 Å². The number of anilines is 1. The van der Waals surface area contributed by atoms with Crippen LogP contribution in [0, 0.1) is 0 Å². The zero-order valence-corrected chi connectivity index (χ0v) is 11.4. The molecule has 0 radical (unpaired) electrons. The third-order valence-corrected chi connectivity index (χ3v) is 4.55. The average molecular weight is 262 g/mol. The lowest BCUT2D eigenvalue weighted by atomic mass is 9.97. The van der Waals surface area contributed by atoms with E-state index >= 15 is 0 Å². The fraction of sp³-hybridized carbons (Fsp3) is 0.538. The number of fused-ring (bicyclic) bond motifs is 1. The van der Waals surface area contributed by atoms with Gasteiger partial charge in [-0.1, -0.05) is 0 Å². The molecule has 1 saturated heterocycles. The van der Waals surface area contributed by atoms with Crippen LogP contribution in [0.2, 0.25) is 0 Å². The molecule has 0 aliphatic carbocycles. The van der Waals surface area contributed by atoms with Crippen LogP contribution in [0.3, 0.4) is 0 Å². The molecule has 3 heterocycles. The van der Waals surface area contributed by atoms with Crippen molar-refractivity contribution in [3.8, 4) is 0 Å². The number of aromatic nitrogens is 2. The zero-order valence-electron chi connectivity index (χ0n) is 10.5. The summed E-state index contributed by atoms with van der Waals surface area (Å²) in [5.41, 5.74) is 7.17. The monoisotopic (exact) mass is 262 g/mol. The van der Waals surface area contributed by atoms with E-state index in [1.54, 1.807) is 17.7 Å². The van der Waals surface area contributed by atoms with Gasteiger partial charge in [-0.05, 0) is 37.6 Å². The summed E-state index contributed by atoms with van der Waals surface area (Å²) in [4.78, 5) is 11.2. The molecule has 0 spiro atoms. The van der Waals surface area contributed by atoms with Gasteiger partial charge in [0.2, 0.25) is 0 Å². The van der Waals surface area contributed by atoms with E-state index < -0.39 is 0 Å². The third kappa shape index (κ3) is 1.97. The molecule has 0 amide bonds. The second-order valence-electron chi connectivity index (χ2n) is 4.95. The highest BCUT2D eigenvalue weighted by Crippen LogP contribution is 2.32. The summed E-state index contributed by atoms with van der Waals surface area (Å²) < 4.78 is 1.19. The smallest absolute Gasteiger partial charge is 0.150 e. The van der Waals surface area contributed by atoms with Gasteiger partial charge in [-0.25, -0.2) is 9.97 Å². The van der Waals surface area contributed by atoms with E-state index in [9.17, 15) is 0 Å². The second kappa shape index (κ2) is 4.82. The lowest BCUT2D eigenvalue weighted by Gasteiger charge is -2.39. The van der Waals surface area contributed by atoms with Gasteiger partial charge < -0.3 is 10.6 Å². The fourth-order valence-corrected chi connectivity index (χ4v) is 3.60. The first-order valence-electron chi connectivity index (χ1n) is 6.48. The van der Waals surface area contributed by atoms with Crippen molar-refractivity contribution in [2.24, 2.45) is 5.73 Å². The molecule has 1 fully saturated rings. The number of hydrogen-bond donors (Lipinski definition) is 1. The molecule has 5 heteroatoms. The van der Waals surface area contributed by atoms with Crippen molar-refractivity contribution in [1.29, 1.82) is 0 Å². The van der Waals surface area contributed by atoms with Gasteiger partial charge in [-0.3, -0.25) is 0 Å². The van der Waals surface area contributed by atoms with Crippen molar-refractivity contribution in [2.75, 3.05) is 11.4 Å². The maximum atomic E-state index is 6.13. The quantitative estimate of drug-likeness (QED) is 0.903. The molecule has 2 atom stereocenters. The van der Waals surface area contributed by atoms with Crippen molar-refractivity contribution in [1.82, 2.24) is 9.97 Å². The van der Waals surface area contributed by atoms with Crippen LogP contribution < -0.4 is 10.6 Å². The van der Waals surface area contributed by atoms with Crippen molar-refractivity contribution >= 4 is 27.4 Å². The first-order valence-corrected chi connectivity index (χ1v) is 7.36. The SMILES string of the molecule is CC(N)C1CCCCN1c1ncnc2ccsc12. The standard InChI is InChI=1S/C13H18N4S/c1-9(14)11-4-2-3-6-17(11)13-12-10(5-7-18-12)15-8-16-13/h5,7-9,11H,2-4,6,14H2,1H3. The van der Waals surface area contributed by atoms with E-state index in [1.165, 1.54) is 17.5 Å². The molecule has 3 rings (SSSR count). The summed E-state index contributed by atoms with van der Waals surface area (Å²) in [6.07, 6.45) is 5.31. The fourth-order valence-electron chi connectivity index (χ4n) is 2.75. The largest absolute Gasteiger partial charge is 0.351 e. The Morgan fingerprint density at radius 2 is 2.33 bits per heavy atom. The Morgan fingerprint density at radius 3 is 3.17 bits per heavy atom. The highest BCUT2D eigenvalue weighted by molar-refractivity contribution is 7.17. The van der Waals surface area contributed by atoms with Gasteiger partial charge in [0, 0.05) is 18.6 Å². The van der Waals surface area contributed by atoms with Gasteiger partial charge in [0.1, 0.15) is 12.1 Å². The Morgan fingerprint density at radius 1 is 1.44 bits per heavy atom. The van der Waals surface area contributed by atoms with E-state index in [0.29, 0.717) is 6.04 Å². The third-order valence-electron chi connectivity index (χ3n) is 3.65. The van der Waals surface area contributed by atoms with Crippen LogP contribution in [0.4, 0.5) is 5.82 Å². The minimum Gasteiger partial charge on any atom is -0.351 e. The summed E-state index contributed by atoms with van der Waals surface area (Å²) in [6, 6.07) is 2.63. The topological polar surface area (TPSA) is 55.0 Å². The molecular weight excluding hydrogens is 244 g/mol. The van der Waals surface area contributed by atoms with Gasteiger partial charge >= 0.3 is 0 Å². The normalized spacial score (nSPS) is 22.3. The molecule has 1 aliphatic heterocycles. The highest BCUT2D eigenvalue weighted by Gasteiger charge is 2.27. The Labute approximate surface area is 111 Å². The first-order chi connectivity index (χ1) is 8.77. The number of nitrogens with two attached hydrogens (primary N) is 1. The predicted octanol–water partition coefficient (Wildman–Crippen LogP) is 2.40. The summed E-state index contributed by atoms with van der Waals surface area (Å²) in [5.74, 6) is 1.07. The first kappa shape index (κ1) is 11.9. The Hall–Kier alpha value is -1.20.